The second-order valence-electron chi connectivity index (χ2n) is 4.54. The van der Waals surface area contributed by atoms with E-state index in [9.17, 15) is 5.11 Å². The van der Waals surface area contributed by atoms with E-state index in [4.69, 9.17) is 0 Å². The fraction of sp³-hybridized carbons (Fsp3) is 0.667. The van der Waals surface area contributed by atoms with Crippen molar-refractivity contribution < 1.29 is 5.11 Å². The summed E-state index contributed by atoms with van der Waals surface area (Å²) in [6, 6.07) is 0. The van der Waals surface area contributed by atoms with Crippen molar-refractivity contribution in [3.63, 3.8) is 0 Å². The zero-order valence-corrected chi connectivity index (χ0v) is 11.2. The molecule has 5 nitrogen and oxygen atoms in total. The Morgan fingerprint density at radius 3 is 2.29 bits per heavy atom. The third-order valence-electron chi connectivity index (χ3n) is 2.74. The molecule has 1 heterocycles. The van der Waals surface area contributed by atoms with Crippen LogP contribution in [0.5, 0.6) is 0 Å². The molecule has 5 heteroatoms. The molecular formula is C12H22N4O. The molecular weight excluding hydrogens is 216 g/mol. The molecule has 0 saturated heterocycles. The lowest BCUT2D eigenvalue weighted by Crippen LogP contribution is -2.25. The maximum absolute atomic E-state index is 9.75. The number of hydrogen-bond acceptors (Lipinski definition) is 5. The minimum atomic E-state index is -0.372. The summed E-state index contributed by atoms with van der Waals surface area (Å²) < 4.78 is 0. The van der Waals surface area contributed by atoms with Gasteiger partial charge in [0, 0.05) is 19.2 Å². The number of rotatable bonds is 5. The van der Waals surface area contributed by atoms with Crippen LogP contribution in [-0.4, -0.2) is 34.8 Å². The minimum absolute atomic E-state index is 0.231. The van der Waals surface area contributed by atoms with Gasteiger partial charge in [-0.05, 0) is 19.8 Å². The maximum atomic E-state index is 9.75. The van der Waals surface area contributed by atoms with Crippen LogP contribution in [0.25, 0.3) is 0 Å². The monoisotopic (exact) mass is 238 g/mol. The van der Waals surface area contributed by atoms with Gasteiger partial charge in [-0.2, -0.15) is 0 Å². The summed E-state index contributed by atoms with van der Waals surface area (Å²) in [6.07, 6.45) is -0.372. The molecule has 1 rings (SSSR count). The summed E-state index contributed by atoms with van der Waals surface area (Å²) in [6.45, 7) is 8.28. The van der Waals surface area contributed by atoms with Crippen LogP contribution in [-0.2, 0) is 0 Å². The largest absolute Gasteiger partial charge is 0.391 e. The van der Waals surface area contributed by atoms with Crippen LogP contribution in [0.1, 0.15) is 25.2 Å². The smallest absolute Gasteiger partial charge is 0.134 e. The van der Waals surface area contributed by atoms with Gasteiger partial charge in [-0.3, -0.25) is 0 Å². The molecule has 0 spiro atoms. The first-order valence-corrected chi connectivity index (χ1v) is 5.90. The molecule has 0 amide bonds. The SMILES string of the molecule is CNc1nc(C)nc(NCC(O)C(C)C)c1C. The lowest BCUT2D eigenvalue weighted by atomic mass is 10.1. The number of nitrogens with one attached hydrogen (secondary N) is 2. The molecule has 0 saturated carbocycles. The van der Waals surface area contributed by atoms with Gasteiger partial charge >= 0.3 is 0 Å². The van der Waals surface area contributed by atoms with Gasteiger partial charge in [-0.1, -0.05) is 13.8 Å². The third kappa shape index (κ3) is 3.56. The number of anilines is 2. The predicted octanol–water partition coefficient (Wildman–Crippen LogP) is 1.56. The van der Waals surface area contributed by atoms with Crippen LogP contribution in [0.3, 0.4) is 0 Å². The fourth-order valence-corrected chi connectivity index (χ4v) is 1.48. The van der Waals surface area contributed by atoms with E-state index in [1.165, 1.54) is 0 Å². The van der Waals surface area contributed by atoms with Crippen molar-refractivity contribution in [2.45, 2.75) is 33.8 Å². The van der Waals surface area contributed by atoms with Crippen molar-refractivity contribution in [3.05, 3.63) is 11.4 Å². The lowest BCUT2D eigenvalue weighted by molar-refractivity contribution is 0.138. The maximum Gasteiger partial charge on any atom is 0.134 e. The average Bonchev–Trinajstić information content (AvgIpc) is 2.29. The van der Waals surface area contributed by atoms with Crippen LogP contribution in [0.2, 0.25) is 0 Å². The quantitative estimate of drug-likeness (QED) is 0.726. The summed E-state index contributed by atoms with van der Waals surface area (Å²) in [4.78, 5) is 8.63. The van der Waals surface area contributed by atoms with E-state index < -0.39 is 0 Å². The molecule has 0 fully saturated rings. The van der Waals surface area contributed by atoms with Crippen molar-refractivity contribution in [1.29, 1.82) is 0 Å². The van der Waals surface area contributed by atoms with Crippen molar-refractivity contribution in [1.82, 2.24) is 9.97 Å². The van der Waals surface area contributed by atoms with Gasteiger partial charge in [0.25, 0.3) is 0 Å². The van der Waals surface area contributed by atoms with Gasteiger partial charge in [0.15, 0.2) is 0 Å². The Labute approximate surface area is 103 Å². The predicted molar refractivity (Wildman–Crippen MR) is 70.4 cm³/mol. The topological polar surface area (TPSA) is 70.1 Å². The molecule has 0 aliphatic rings. The zero-order chi connectivity index (χ0) is 13.0. The summed E-state index contributed by atoms with van der Waals surface area (Å²) in [5, 5.41) is 16.0. The second kappa shape index (κ2) is 5.82. The van der Waals surface area contributed by atoms with E-state index in [1.807, 2.05) is 34.7 Å². The molecule has 3 N–H and O–H groups in total. The van der Waals surface area contributed by atoms with Crippen LogP contribution < -0.4 is 10.6 Å². The van der Waals surface area contributed by atoms with Crippen molar-refractivity contribution in [3.8, 4) is 0 Å². The number of nitrogens with zero attached hydrogens (tertiary/aromatic N) is 2. The standard InChI is InChI=1S/C12H22N4O/c1-7(2)10(17)6-14-12-8(3)11(13-5)15-9(4)16-12/h7,10,17H,6H2,1-5H3,(H2,13,14,15,16). The number of hydrogen-bond donors (Lipinski definition) is 3. The molecule has 1 aromatic heterocycles. The second-order valence-corrected chi connectivity index (χ2v) is 4.54. The summed E-state index contributed by atoms with van der Waals surface area (Å²) in [5.74, 6) is 2.54. The van der Waals surface area contributed by atoms with Gasteiger partial charge in [0.1, 0.15) is 17.5 Å². The van der Waals surface area contributed by atoms with Crippen molar-refractivity contribution >= 4 is 11.6 Å². The highest BCUT2D eigenvalue weighted by Gasteiger charge is 2.12. The Hall–Kier alpha value is -1.36. The van der Waals surface area contributed by atoms with Crippen LogP contribution >= 0.6 is 0 Å². The molecule has 0 aliphatic carbocycles. The third-order valence-corrected chi connectivity index (χ3v) is 2.74. The first-order chi connectivity index (χ1) is 7.95. The number of aromatic nitrogens is 2. The summed E-state index contributed by atoms with van der Waals surface area (Å²) in [7, 11) is 1.83. The minimum Gasteiger partial charge on any atom is -0.391 e. The highest BCUT2D eigenvalue weighted by atomic mass is 16.3. The molecule has 1 unspecified atom stereocenters. The Kier molecular flexibility index (Phi) is 4.69. The Morgan fingerprint density at radius 2 is 1.76 bits per heavy atom. The first kappa shape index (κ1) is 13.7. The molecule has 17 heavy (non-hydrogen) atoms. The van der Waals surface area contributed by atoms with Crippen LogP contribution in [0.15, 0.2) is 0 Å². The van der Waals surface area contributed by atoms with Gasteiger partial charge in [0.2, 0.25) is 0 Å². The molecule has 0 aliphatic heterocycles. The van der Waals surface area contributed by atoms with Crippen molar-refractivity contribution in [2.24, 2.45) is 5.92 Å². The van der Waals surface area contributed by atoms with E-state index >= 15 is 0 Å². The molecule has 1 atom stereocenters. The van der Waals surface area contributed by atoms with E-state index in [-0.39, 0.29) is 12.0 Å². The van der Waals surface area contributed by atoms with Gasteiger partial charge in [-0.15, -0.1) is 0 Å². The van der Waals surface area contributed by atoms with Crippen LogP contribution in [0.4, 0.5) is 11.6 Å². The molecule has 96 valence electrons. The van der Waals surface area contributed by atoms with Gasteiger partial charge in [0.05, 0.1) is 6.10 Å². The van der Waals surface area contributed by atoms with Gasteiger partial charge < -0.3 is 15.7 Å². The molecule has 0 radical (unpaired) electrons. The molecule has 0 bridgehead atoms. The van der Waals surface area contributed by atoms with Gasteiger partial charge in [-0.25, -0.2) is 9.97 Å². The fourth-order valence-electron chi connectivity index (χ4n) is 1.48. The van der Waals surface area contributed by atoms with E-state index in [1.54, 1.807) is 0 Å². The average molecular weight is 238 g/mol. The Balaban J connectivity index is 2.80. The van der Waals surface area contributed by atoms with E-state index in [0.29, 0.717) is 12.4 Å². The molecule has 1 aromatic rings. The zero-order valence-electron chi connectivity index (χ0n) is 11.2. The van der Waals surface area contributed by atoms with E-state index in [0.717, 1.165) is 17.2 Å². The van der Waals surface area contributed by atoms with Crippen molar-refractivity contribution in [2.75, 3.05) is 24.2 Å². The normalized spacial score (nSPS) is 12.6. The lowest BCUT2D eigenvalue weighted by Gasteiger charge is -2.17. The summed E-state index contributed by atoms with van der Waals surface area (Å²) >= 11 is 0. The Bertz CT molecular complexity index is 379. The number of aliphatic hydroxyl groups excluding tert-OH is 1. The number of aryl methyl sites for hydroxylation is 1. The van der Waals surface area contributed by atoms with Crippen LogP contribution in [0, 0.1) is 19.8 Å². The molecule has 0 aromatic carbocycles. The highest BCUT2D eigenvalue weighted by molar-refractivity contribution is 5.56. The Morgan fingerprint density at radius 1 is 1.18 bits per heavy atom. The van der Waals surface area contributed by atoms with E-state index in [2.05, 4.69) is 20.6 Å². The summed E-state index contributed by atoms with van der Waals surface area (Å²) in [5.41, 5.74) is 0.967. The highest BCUT2D eigenvalue weighted by Crippen LogP contribution is 2.19. The first-order valence-electron chi connectivity index (χ1n) is 5.90. The number of aliphatic hydroxyl groups is 1.